The first-order valence-electron chi connectivity index (χ1n) is 8.84. The summed E-state index contributed by atoms with van der Waals surface area (Å²) in [5.41, 5.74) is 5.41. The van der Waals surface area contributed by atoms with E-state index in [0.29, 0.717) is 25.3 Å². The van der Waals surface area contributed by atoms with Gasteiger partial charge in [0.15, 0.2) is 0 Å². The zero-order chi connectivity index (χ0) is 16.8. The molecule has 1 saturated heterocycles. The average Bonchev–Trinajstić information content (AvgIpc) is 2.92. The number of nitrogens with two attached hydrogens (primary N) is 1. The molecule has 0 unspecified atom stereocenters. The summed E-state index contributed by atoms with van der Waals surface area (Å²) in [5.74, 6) is -0.502. The average molecular weight is 323 g/mol. The minimum atomic E-state index is -0.759. The quantitative estimate of drug-likeness (QED) is 0.653. The normalized spacial score (nSPS) is 24.7. The second-order valence-corrected chi connectivity index (χ2v) is 7.12. The molecule has 1 heterocycles. The lowest BCUT2D eigenvalue weighted by Gasteiger charge is -2.25. The van der Waals surface area contributed by atoms with E-state index in [9.17, 15) is 14.4 Å². The van der Waals surface area contributed by atoms with Gasteiger partial charge in [-0.1, -0.05) is 39.0 Å². The lowest BCUT2D eigenvalue weighted by atomic mass is 9.83. The van der Waals surface area contributed by atoms with Gasteiger partial charge in [-0.3, -0.25) is 14.4 Å². The molecule has 130 valence electrons. The zero-order valence-corrected chi connectivity index (χ0v) is 14.0. The Morgan fingerprint density at radius 3 is 2.48 bits per heavy atom. The minimum Gasteiger partial charge on any atom is -0.368 e. The molecule has 0 spiro atoms. The van der Waals surface area contributed by atoms with Crippen molar-refractivity contribution in [1.82, 2.24) is 10.6 Å². The summed E-state index contributed by atoms with van der Waals surface area (Å²) in [7, 11) is 0. The molecular formula is C17H29N3O3. The van der Waals surface area contributed by atoms with E-state index in [-0.39, 0.29) is 23.7 Å². The van der Waals surface area contributed by atoms with Crippen molar-refractivity contribution >= 4 is 17.7 Å². The topological polar surface area (TPSA) is 101 Å². The van der Waals surface area contributed by atoms with E-state index in [2.05, 4.69) is 10.6 Å². The summed E-state index contributed by atoms with van der Waals surface area (Å²) < 4.78 is 0. The predicted molar refractivity (Wildman–Crippen MR) is 87.2 cm³/mol. The highest BCUT2D eigenvalue weighted by molar-refractivity contribution is 5.88. The predicted octanol–water partition coefficient (Wildman–Crippen LogP) is 1.09. The van der Waals surface area contributed by atoms with Gasteiger partial charge in [-0.25, -0.2) is 0 Å². The molecule has 3 atom stereocenters. The minimum absolute atomic E-state index is 0.0549. The Labute approximate surface area is 137 Å². The van der Waals surface area contributed by atoms with Crippen LogP contribution in [-0.4, -0.2) is 30.3 Å². The molecular weight excluding hydrogens is 294 g/mol. The molecule has 6 nitrogen and oxygen atoms in total. The Bertz CT molecular complexity index is 446. The van der Waals surface area contributed by atoms with Gasteiger partial charge < -0.3 is 16.4 Å². The van der Waals surface area contributed by atoms with Crippen LogP contribution in [-0.2, 0) is 14.4 Å². The van der Waals surface area contributed by atoms with E-state index >= 15 is 0 Å². The summed E-state index contributed by atoms with van der Waals surface area (Å²) >= 11 is 0. The smallest absolute Gasteiger partial charge is 0.240 e. The fourth-order valence-corrected chi connectivity index (χ4v) is 3.74. The molecule has 0 radical (unpaired) electrons. The molecule has 23 heavy (non-hydrogen) atoms. The van der Waals surface area contributed by atoms with Crippen LogP contribution in [0.4, 0.5) is 0 Å². The highest BCUT2D eigenvalue weighted by Crippen LogP contribution is 2.29. The van der Waals surface area contributed by atoms with Gasteiger partial charge in [0.2, 0.25) is 17.7 Å². The van der Waals surface area contributed by atoms with Gasteiger partial charge in [-0.15, -0.1) is 0 Å². The second kappa shape index (κ2) is 8.31. The van der Waals surface area contributed by atoms with Gasteiger partial charge in [0.05, 0.1) is 0 Å². The Morgan fingerprint density at radius 1 is 1.22 bits per heavy atom. The number of hydrogen-bond acceptors (Lipinski definition) is 3. The molecule has 4 N–H and O–H groups in total. The van der Waals surface area contributed by atoms with Crippen LogP contribution in [0, 0.1) is 17.8 Å². The van der Waals surface area contributed by atoms with Crippen molar-refractivity contribution < 1.29 is 14.4 Å². The molecule has 0 aromatic heterocycles. The third-order valence-corrected chi connectivity index (χ3v) is 5.20. The Kier molecular flexibility index (Phi) is 6.42. The standard InChI is InChI=1S/C17H29N3O3/c1-11(9-12-5-3-2-4-6-12)16(22)20-14(15(18)21)10-13-7-8-19-17(13)23/h11-14H,2-10H2,1H3,(H2,18,21)(H,19,23)(H,20,22)/t11-,13-,14-/m0/s1. The van der Waals surface area contributed by atoms with Crippen molar-refractivity contribution in [2.24, 2.45) is 23.5 Å². The third-order valence-electron chi connectivity index (χ3n) is 5.20. The molecule has 0 bridgehead atoms. The maximum atomic E-state index is 12.4. The Morgan fingerprint density at radius 2 is 1.91 bits per heavy atom. The number of nitrogens with one attached hydrogen (secondary N) is 2. The monoisotopic (exact) mass is 323 g/mol. The number of rotatable bonds is 7. The highest BCUT2D eigenvalue weighted by atomic mass is 16.2. The molecule has 2 rings (SSSR count). The molecule has 1 aliphatic heterocycles. The van der Waals surface area contributed by atoms with Crippen LogP contribution in [0.2, 0.25) is 0 Å². The van der Waals surface area contributed by atoms with Crippen LogP contribution in [0.3, 0.4) is 0 Å². The second-order valence-electron chi connectivity index (χ2n) is 7.12. The van der Waals surface area contributed by atoms with E-state index in [0.717, 1.165) is 6.42 Å². The molecule has 1 aliphatic carbocycles. The summed E-state index contributed by atoms with van der Waals surface area (Å²) in [6.45, 7) is 2.53. The SMILES string of the molecule is C[C@@H](CC1CCCCC1)C(=O)N[C@@H](C[C@@H]1CCNC1=O)C(N)=O. The molecule has 3 amide bonds. The number of hydrogen-bond donors (Lipinski definition) is 3. The first-order chi connectivity index (χ1) is 11.0. The van der Waals surface area contributed by atoms with Crippen LogP contribution in [0.1, 0.15) is 58.3 Å². The zero-order valence-electron chi connectivity index (χ0n) is 14.0. The van der Waals surface area contributed by atoms with Gasteiger partial charge in [0.1, 0.15) is 6.04 Å². The lowest BCUT2D eigenvalue weighted by molar-refractivity contribution is -0.131. The summed E-state index contributed by atoms with van der Waals surface area (Å²) in [4.78, 5) is 35.6. The summed E-state index contributed by atoms with van der Waals surface area (Å²) in [5, 5.41) is 5.50. The number of carbonyl (C=O) groups is 3. The van der Waals surface area contributed by atoms with Gasteiger partial charge in [-0.2, -0.15) is 0 Å². The number of amides is 3. The Balaban J connectivity index is 1.83. The first kappa shape index (κ1) is 17.8. The summed E-state index contributed by atoms with van der Waals surface area (Å²) in [6, 6.07) is -0.759. The maximum Gasteiger partial charge on any atom is 0.240 e. The van der Waals surface area contributed by atoms with Crippen molar-refractivity contribution in [2.75, 3.05) is 6.54 Å². The van der Waals surface area contributed by atoms with E-state index < -0.39 is 11.9 Å². The van der Waals surface area contributed by atoms with Gasteiger partial charge in [0.25, 0.3) is 0 Å². The van der Waals surface area contributed by atoms with Crippen LogP contribution in [0.5, 0.6) is 0 Å². The molecule has 2 aliphatic rings. The van der Waals surface area contributed by atoms with Crippen molar-refractivity contribution in [3.63, 3.8) is 0 Å². The molecule has 0 aromatic carbocycles. The van der Waals surface area contributed by atoms with Crippen molar-refractivity contribution in [3.05, 3.63) is 0 Å². The molecule has 1 saturated carbocycles. The van der Waals surface area contributed by atoms with Crippen molar-refractivity contribution in [1.29, 1.82) is 0 Å². The molecule has 0 aromatic rings. The van der Waals surface area contributed by atoms with Crippen molar-refractivity contribution in [2.45, 2.75) is 64.3 Å². The highest BCUT2D eigenvalue weighted by Gasteiger charge is 2.31. The molecule has 6 heteroatoms. The fraction of sp³-hybridized carbons (Fsp3) is 0.824. The number of primary amides is 1. The van der Waals surface area contributed by atoms with Crippen LogP contribution < -0.4 is 16.4 Å². The van der Waals surface area contributed by atoms with Gasteiger partial charge in [0, 0.05) is 18.4 Å². The third kappa shape index (κ3) is 5.22. The van der Waals surface area contributed by atoms with E-state index in [1.54, 1.807) is 0 Å². The molecule has 2 fully saturated rings. The Hall–Kier alpha value is -1.59. The van der Waals surface area contributed by atoms with Crippen LogP contribution in [0.25, 0.3) is 0 Å². The van der Waals surface area contributed by atoms with Crippen molar-refractivity contribution in [3.8, 4) is 0 Å². The van der Waals surface area contributed by atoms with Crippen LogP contribution >= 0.6 is 0 Å². The maximum absolute atomic E-state index is 12.4. The lowest BCUT2D eigenvalue weighted by Crippen LogP contribution is -2.48. The summed E-state index contributed by atoms with van der Waals surface area (Å²) in [6.07, 6.45) is 8.03. The van der Waals surface area contributed by atoms with E-state index in [4.69, 9.17) is 5.73 Å². The van der Waals surface area contributed by atoms with Gasteiger partial charge in [-0.05, 0) is 25.2 Å². The first-order valence-corrected chi connectivity index (χ1v) is 8.84. The van der Waals surface area contributed by atoms with E-state index in [1.165, 1.54) is 32.1 Å². The number of carbonyl (C=O) groups excluding carboxylic acids is 3. The fourth-order valence-electron chi connectivity index (χ4n) is 3.74. The van der Waals surface area contributed by atoms with E-state index in [1.807, 2.05) is 6.92 Å². The van der Waals surface area contributed by atoms with Gasteiger partial charge >= 0.3 is 0 Å². The largest absolute Gasteiger partial charge is 0.368 e. The van der Waals surface area contributed by atoms with Crippen LogP contribution in [0.15, 0.2) is 0 Å².